The predicted octanol–water partition coefficient (Wildman–Crippen LogP) is 2.44. The van der Waals surface area contributed by atoms with Crippen molar-refractivity contribution in [2.75, 3.05) is 18.5 Å². The number of hydrogen-bond acceptors (Lipinski definition) is 4. The Balaban J connectivity index is 2.03. The third-order valence-electron chi connectivity index (χ3n) is 3.38. The van der Waals surface area contributed by atoms with Crippen LogP contribution in [0.2, 0.25) is 0 Å². The number of nitrogens with one attached hydrogen (secondary N) is 1. The number of anilines is 1. The maximum atomic E-state index is 12.4. The normalized spacial score (nSPS) is 10.8. The molecule has 2 rings (SSSR count). The molecule has 0 fully saturated rings. The van der Waals surface area contributed by atoms with Gasteiger partial charge in [-0.3, -0.25) is 9.48 Å². The number of nitrogens with two attached hydrogens (primary N) is 1. The molecule has 1 aromatic heterocycles. The van der Waals surface area contributed by atoms with E-state index in [-0.39, 0.29) is 5.91 Å². The second-order valence-corrected chi connectivity index (χ2v) is 5.84. The number of rotatable bonds is 7. The maximum absolute atomic E-state index is 12.4. The smallest absolute Gasteiger partial charge is 0.259 e. The van der Waals surface area contributed by atoms with Crippen molar-refractivity contribution < 1.29 is 9.53 Å². The molecule has 1 amide bonds. The quantitative estimate of drug-likeness (QED) is 0.822. The Bertz CT molecular complexity index is 647. The average Bonchev–Trinajstić information content (AvgIpc) is 2.87. The van der Waals surface area contributed by atoms with Crippen molar-refractivity contribution in [1.82, 2.24) is 9.78 Å². The summed E-state index contributed by atoms with van der Waals surface area (Å²) in [5.74, 6) is 1.05. The molecule has 2 aromatic rings. The Kier molecular flexibility index (Phi) is 5.76. The van der Waals surface area contributed by atoms with Gasteiger partial charge in [-0.15, -0.1) is 0 Å². The number of benzene rings is 1. The second kappa shape index (κ2) is 7.78. The number of ether oxygens (including phenoxy) is 1. The fourth-order valence-corrected chi connectivity index (χ4v) is 2.21. The summed E-state index contributed by atoms with van der Waals surface area (Å²) in [5, 5.41) is 7.17. The van der Waals surface area contributed by atoms with Gasteiger partial charge in [-0.05, 0) is 37.1 Å². The molecule has 1 aromatic carbocycles. The largest absolute Gasteiger partial charge is 0.492 e. The highest BCUT2D eigenvalue weighted by molar-refractivity contribution is 6.04. The van der Waals surface area contributed by atoms with Gasteiger partial charge in [-0.25, -0.2) is 0 Å². The minimum absolute atomic E-state index is 0.159. The Hall–Kier alpha value is -2.34. The van der Waals surface area contributed by atoms with E-state index in [2.05, 4.69) is 24.3 Å². The molecule has 124 valence electrons. The third kappa shape index (κ3) is 4.56. The second-order valence-electron chi connectivity index (χ2n) is 5.84. The summed E-state index contributed by atoms with van der Waals surface area (Å²) < 4.78 is 7.27. The first-order valence-corrected chi connectivity index (χ1v) is 7.78. The molecule has 0 atom stereocenters. The van der Waals surface area contributed by atoms with Gasteiger partial charge in [-0.1, -0.05) is 13.8 Å². The highest BCUT2D eigenvalue weighted by Gasteiger charge is 2.15. The minimum atomic E-state index is -0.159. The SMILES string of the molecule is Cc1c(C(=O)Nc2ccc(OCCN)cc2)cnn1CC(C)C. The van der Waals surface area contributed by atoms with Crippen molar-refractivity contribution in [2.45, 2.75) is 27.3 Å². The van der Waals surface area contributed by atoms with Gasteiger partial charge in [0.2, 0.25) is 0 Å². The third-order valence-corrected chi connectivity index (χ3v) is 3.38. The molecule has 23 heavy (non-hydrogen) atoms. The molecule has 6 nitrogen and oxygen atoms in total. The van der Waals surface area contributed by atoms with Gasteiger partial charge in [0.05, 0.1) is 11.8 Å². The Morgan fingerprint density at radius 1 is 1.35 bits per heavy atom. The molecule has 0 aliphatic heterocycles. The van der Waals surface area contributed by atoms with Crippen LogP contribution >= 0.6 is 0 Å². The summed E-state index contributed by atoms with van der Waals surface area (Å²) in [4.78, 5) is 12.4. The number of aromatic nitrogens is 2. The molecule has 0 unspecified atom stereocenters. The molecule has 0 aliphatic rings. The van der Waals surface area contributed by atoms with Gasteiger partial charge in [0.15, 0.2) is 0 Å². The van der Waals surface area contributed by atoms with Crippen LogP contribution in [-0.4, -0.2) is 28.8 Å². The van der Waals surface area contributed by atoms with E-state index in [0.717, 1.165) is 18.0 Å². The van der Waals surface area contributed by atoms with Crippen molar-refractivity contribution in [3.05, 3.63) is 41.7 Å². The maximum Gasteiger partial charge on any atom is 0.259 e. The lowest BCUT2D eigenvalue weighted by Crippen LogP contribution is -2.14. The van der Waals surface area contributed by atoms with Crippen molar-refractivity contribution in [1.29, 1.82) is 0 Å². The number of nitrogens with zero attached hydrogens (tertiary/aromatic N) is 2. The minimum Gasteiger partial charge on any atom is -0.492 e. The van der Waals surface area contributed by atoms with E-state index in [1.165, 1.54) is 0 Å². The Labute approximate surface area is 136 Å². The summed E-state index contributed by atoms with van der Waals surface area (Å²) in [6.45, 7) is 7.89. The first kappa shape index (κ1) is 17.0. The van der Waals surface area contributed by atoms with Crippen LogP contribution < -0.4 is 15.8 Å². The van der Waals surface area contributed by atoms with Gasteiger partial charge >= 0.3 is 0 Å². The Morgan fingerprint density at radius 2 is 2.04 bits per heavy atom. The zero-order valence-electron chi connectivity index (χ0n) is 13.9. The molecule has 0 bridgehead atoms. The topological polar surface area (TPSA) is 82.2 Å². The van der Waals surface area contributed by atoms with E-state index >= 15 is 0 Å². The molecule has 0 aliphatic carbocycles. The molecule has 0 saturated carbocycles. The number of carbonyl (C=O) groups is 1. The first-order valence-electron chi connectivity index (χ1n) is 7.78. The van der Waals surface area contributed by atoms with Gasteiger partial charge < -0.3 is 15.8 Å². The molecule has 6 heteroatoms. The summed E-state index contributed by atoms with van der Waals surface area (Å²) in [6, 6.07) is 7.22. The summed E-state index contributed by atoms with van der Waals surface area (Å²) in [7, 11) is 0. The Morgan fingerprint density at radius 3 is 2.65 bits per heavy atom. The molecular formula is C17H24N4O2. The molecular weight excluding hydrogens is 292 g/mol. The van der Waals surface area contributed by atoms with E-state index < -0.39 is 0 Å². The lowest BCUT2D eigenvalue weighted by Gasteiger charge is -2.09. The van der Waals surface area contributed by atoms with Crippen LogP contribution in [0.1, 0.15) is 29.9 Å². The molecule has 0 spiro atoms. The van der Waals surface area contributed by atoms with Crippen LogP contribution in [0.15, 0.2) is 30.5 Å². The fraction of sp³-hybridized carbons (Fsp3) is 0.412. The van der Waals surface area contributed by atoms with Crippen LogP contribution in [0, 0.1) is 12.8 Å². The van der Waals surface area contributed by atoms with Crippen molar-refractivity contribution in [3.8, 4) is 5.75 Å². The summed E-state index contributed by atoms with van der Waals surface area (Å²) in [6.07, 6.45) is 1.62. The predicted molar refractivity (Wildman–Crippen MR) is 90.7 cm³/mol. The number of hydrogen-bond donors (Lipinski definition) is 2. The highest BCUT2D eigenvalue weighted by atomic mass is 16.5. The van der Waals surface area contributed by atoms with E-state index in [1.54, 1.807) is 30.5 Å². The average molecular weight is 316 g/mol. The number of carbonyl (C=O) groups excluding carboxylic acids is 1. The zero-order chi connectivity index (χ0) is 16.8. The van der Waals surface area contributed by atoms with Crippen LogP contribution in [-0.2, 0) is 6.54 Å². The van der Waals surface area contributed by atoms with Crippen LogP contribution in [0.4, 0.5) is 5.69 Å². The lowest BCUT2D eigenvalue weighted by atomic mass is 10.2. The van der Waals surface area contributed by atoms with Gasteiger partial charge in [0.1, 0.15) is 12.4 Å². The lowest BCUT2D eigenvalue weighted by molar-refractivity contribution is 0.102. The fourth-order valence-electron chi connectivity index (χ4n) is 2.21. The van der Waals surface area contributed by atoms with Crippen LogP contribution in [0.3, 0.4) is 0 Å². The van der Waals surface area contributed by atoms with E-state index in [0.29, 0.717) is 30.3 Å². The van der Waals surface area contributed by atoms with Gasteiger partial charge in [0.25, 0.3) is 5.91 Å². The van der Waals surface area contributed by atoms with Crippen molar-refractivity contribution in [3.63, 3.8) is 0 Å². The van der Waals surface area contributed by atoms with Crippen LogP contribution in [0.25, 0.3) is 0 Å². The van der Waals surface area contributed by atoms with Gasteiger partial charge in [-0.2, -0.15) is 5.10 Å². The standard InChI is InChI=1S/C17H24N4O2/c1-12(2)11-21-13(3)16(10-19-21)17(22)20-14-4-6-15(7-5-14)23-9-8-18/h4-7,10,12H,8-9,11,18H2,1-3H3,(H,20,22). The number of amides is 1. The summed E-state index contributed by atoms with van der Waals surface area (Å²) in [5.41, 5.74) is 7.57. The zero-order valence-corrected chi connectivity index (χ0v) is 13.9. The van der Waals surface area contributed by atoms with E-state index in [1.807, 2.05) is 11.6 Å². The molecule has 0 radical (unpaired) electrons. The van der Waals surface area contributed by atoms with Crippen molar-refractivity contribution in [2.24, 2.45) is 11.7 Å². The van der Waals surface area contributed by atoms with E-state index in [4.69, 9.17) is 10.5 Å². The van der Waals surface area contributed by atoms with Crippen LogP contribution in [0.5, 0.6) is 5.75 Å². The molecule has 1 heterocycles. The van der Waals surface area contributed by atoms with E-state index in [9.17, 15) is 4.79 Å². The molecule has 3 N–H and O–H groups in total. The molecule has 0 saturated heterocycles. The first-order chi connectivity index (χ1) is 11.0. The monoisotopic (exact) mass is 316 g/mol. The van der Waals surface area contributed by atoms with Gasteiger partial charge in [0, 0.05) is 24.5 Å². The highest BCUT2D eigenvalue weighted by Crippen LogP contribution is 2.17. The van der Waals surface area contributed by atoms with Crippen molar-refractivity contribution >= 4 is 11.6 Å². The summed E-state index contributed by atoms with van der Waals surface area (Å²) >= 11 is 0.